The summed E-state index contributed by atoms with van der Waals surface area (Å²) in [7, 11) is -2.08. The van der Waals surface area contributed by atoms with Gasteiger partial charge in [0.05, 0.1) is 0 Å². The number of aryl methyl sites for hydroxylation is 2. The van der Waals surface area contributed by atoms with E-state index in [1.807, 2.05) is 0 Å². The van der Waals surface area contributed by atoms with Gasteiger partial charge in [-0.1, -0.05) is 102 Å². The van der Waals surface area contributed by atoms with Gasteiger partial charge in [-0.25, -0.2) is 5.57 Å². The topological polar surface area (TPSA) is 0 Å². The second-order valence-corrected chi connectivity index (χ2v) is 12.4. The molecule has 0 heterocycles. The minimum Gasteiger partial charge on any atom is -1.00 e. The Morgan fingerprint density at radius 1 is 0.690 bits per heavy atom. The second-order valence-electron chi connectivity index (χ2n) is 7.98. The van der Waals surface area contributed by atoms with E-state index in [0.717, 1.165) is 0 Å². The van der Waals surface area contributed by atoms with Crippen LogP contribution in [0.4, 0.5) is 0 Å². The Balaban J connectivity index is 0. The molecule has 1 aliphatic rings. The molecule has 3 rings (SSSR count). The average Bonchev–Trinajstić information content (AvgIpc) is 2.79. The van der Waals surface area contributed by atoms with Crippen molar-refractivity contribution in [3.05, 3.63) is 82.5 Å². The predicted molar refractivity (Wildman–Crippen MR) is 112 cm³/mol. The summed E-state index contributed by atoms with van der Waals surface area (Å²) >= 11 is 0. The third kappa shape index (κ3) is 5.14. The average molecular weight is 500 g/mol. The number of rotatable bonds is 3. The molecule has 0 bridgehead atoms. The molecule has 1 aliphatic carbocycles. The largest absolute Gasteiger partial charge is 4.00 e. The van der Waals surface area contributed by atoms with Crippen molar-refractivity contribution < 1.29 is 58.9 Å². The predicted octanol–water partition coefficient (Wildman–Crippen LogP) is -3.63. The van der Waals surface area contributed by atoms with Crippen LogP contribution in [-0.2, 0) is 21.7 Å². The molecular formula is C24H29Cl3SiTi. The fraction of sp³-hybridized carbons (Fsp3) is 0.333. The van der Waals surface area contributed by atoms with Crippen molar-refractivity contribution in [2.45, 2.75) is 53.1 Å². The Hall–Kier alpha value is -0.279. The Morgan fingerprint density at radius 3 is 1.31 bits per heavy atom. The molecule has 2 aromatic rings. The number of halogens is 3. The maximum Gasteiger partial charge on any atom is 4.00 e. The van der Waals surface area contributed by atoms with E-state index in [4.69, 9.17) is 0 Å². The van der Waals surface area contributed by atoms with Gasteiger partial charge in [0.25, 0.3) is 0 Å². The van der Waals surface area contributed by atoms with E-state index in [1.165, 1.54) is 38.2 Å². The van der Waals surface area contributed by atoms with Gasteiger partial charge in [-0.3, -0.25) is 6.08 Å². The van der Waals surface area contributed by atoms with Crippen LogP contribution in [-0.4, -0.2) is 8.07 Å². The first kappa shape index (κ1) is 30.9. The molecule has 154 valence electrons. The van der Waals surface area contributed by atoms with Gasteiger partial charge < -0.3 is 37.2 Å². The molecule has 0 aliphatic heterocycles. The molecule has 0 amide bonds. The molecular weight excluding hydrogens is 471 g/mol. The second kappa shape index (κ2) is 11.4. The van der Waals surface area contributed by atoms with Crippen molar-refractivity contribution in [3.63, 3.8) is 0 Å². The number of hydrogen-bond donors (Lipinski definition) is 0. The molecule has 0 fully saturated rings. The quantitative estimate of drug-likeness (QED) is 0.302. The first-order valence-corrected chi connectivity index (χ1v) is 11.6. The summed E-state index contributed by atoms with van der Waals surface area (Å²) in [5.74, 6) is 0. The van der Waals surface area contributed by atoms with Crippen LogP contribution in [0.15, 0.2) is 65.3 Å². The zero-order valence-electron chi connectivity index (χ0n) is 18.3. The van der Waals surface area contributed by atoms with Gasteiger partial charge in [0, 0.05) is 0 Å². The van der Waals surface area contributed by atoms with Crippen molar-refractivity contribution in [3.8, 4) is 0 Å². The van der Waals surface area contributed by atoms with Gasteiger partial charge in [-0.05, 0) is 13.8 Å². The molecule has 1 atom stereocenters. The van der Waals surface area contributed by atoms with Crippen molar-refractivity contribution >= 4 is 18.4 Å². The number of benzene rings is 2. The summed E-state index contributed by atoms with van der Waals surface area (Å²) < 4.78 is 0. The van der Waals surface area contributed by atoms with E-state index < -0.39 is 8.07 Å². The van der Waals surface area contributed by atoms with Crippen LogP contribution in [0.1, 0.15) is 38.8 Å². The molecule has 0 nitrogen and oxygen atoms in total. The zero-order valence-corrected chi connectivity index (χ0v) is 23.1. The fourth-order valence-corrected chi connectivity index (χ4v) is 8.77. The van der Waals surface area contributed by atoms with Crippen LogP contribution in [0.25, 0.3) is 0 Å². The molecule has 0 N–H and O–H groups in total. The molecule has 29 heavy (non-hydrogen) atoms. The molecule has 0 spiro atoms. The van der Waals surface area contributed by atoms with Crippen molar-refractivity contribution in [1.29, 1.82) is 0 Å². The molecule has 0 radical (unpaired) electrons. The Morgan fingerprint density at radius 2 is 1.03 bits per heavy atom. The SMILES string of the molecule is CC1=[C-]C(C)([Si](C)(c2ccc(C)cc2)c2ccc(C)cc2)C(C)=C1C.[Cl-].[Cl-].[Cl-].[Ti+4]. The van der Waals surface area contributed by atoms with Gasteiger partial charge in [-0.15, -0.1) is 6.92 Å². The zero-order chi connectivity index (χ0) is 18.4. The Labute approximate surface area is 211 Å². The van der Waals surface area contributed by atoms with Gasteiger partial charge in [0.2, 0.25) is 0 Å². The van der Waals surface area contributed by atoms with Gasteiger partial charge >= 0.3 is 21.7 Å². The normalized spacial score (nSPS) is 18.0. The molecule has 0 saturated heterocycles. The van der Waals surface area contributed by atoms with E-state index in [2.05, 4.69) is 103 Å². The summed E-state index contributed by atoms with van der Waals surface area (Å²) in [6, 6.07) is 18.4. The van der Waals surface area contributed by atoms with E-state index in [0.29, 0.717) is 0 Å². The molecule has 0 aromatic heterocycles. The number of allylic oxidation sites excluding steroid dienone is 4. The fourth-order valence-electron chi connectivity index (χ4n) is 4.24. The van der Waals surface area contributed by atoms with Crippen molar-refractivity contribution in [2.75, 3.05) is 0 Å². The van der Waals surface area contributed by atoms with Crippen LogP contribution in [0.5, 0.6) is 0 Å². The molecule has 0 saturated carbocycles. The van der Waals surface area contributed by atoms with Gasteiger partial charge in [0.1, 0.15) is 8.07 Å². The van der Waals surface area contributed by atoms with Crippen LogP contribution >= 0.6 is 0 Å². The first-order valence-electron chi connectivity index (χ1n) is 9.14. The summed E-state index contributed by atoms with van der Waals surface area (Å²) in [5.41, 5.74) is 6.86. The van der Waals surface area contributed by atoms with Crippen molar-refractivity contribution in [2.24, 2.45) is 0 Å². The van der Waals surface area contributed by atoms with Gasteiger partial charge in [0.15, 0.2) is 0 Å². The van der Waals surface area contributed by atoms with Crippen LogP contribution in [0.2, 0.25) is 11.6 Å². The number of hydrogen-bond acceptors (Lipinski definition) is 0. The molecule has 5 heteroatoms. The standard InChI is InChI=1S/C24H29Si.3ClH.Ti/c1-17-8-12-22(13-9-17)25(7,23-14-10-18(2)11-15-23)24(6)16-19(3)20(4)21(24)5;;;;/h8-15H,1-7H3;3*1H;/q-1;;;;+4/p-3. The maximum absolute atomic E-state index is 3.90. The summed E-state index contributed by atoms with van der Waals surface area (Å²) in [6.45, 7) is 16.0. The van der Waals surface area contributed by atoms with E-state index in [-0.39, 0.29) is 64.0 Å². The molecule has 1 unspecified atom stereocenters. The minimum absolute atomic E-state index is 0. The monoisotopic (exact) mass is 498 g/mol. The summed E-state index contributed by atoms with van der Waals surface area (Å²) in [4.78, 5) is 0. The van der Waals surface area contributed by atoms with E-state index in [9.17, 15) is 0 Å². The third-order valence-electron chi connectivity index (χ3n) is 6.57. The van der Waals surface area contributed by atoms with E-state index in [1.54, 1.807) is 0 Å². The smallest absolute Gasteiger partial charge is 1.00 e. The van der Waals surface area contributed by atoms with Gasteiger partial charge in [-0.2, -0.15) is 11.1 Å². The summed E-state index contributed by atoms with van der Waals surface area (Å²) in [5, 5.41) is 2.95. The molecule has 2 aromatic carbocycles. The third-order valence-corrected chi connectivity index (χ3v) is 12.0. The van der Waals surface area contributed by atoms with Crippen LogP contribution in [0, 0.1) is 19.9 Å². The Kier molecular flexibility index (Phi) is 12.1. The van der Waals surface area contributed by atoms with Crippen molar-refractivity contribution in [1.82, 2.24) is 0 Å². The first-order chi connectivity index (χ1) is 11.7. The van der Waals surface area contributed by atoms with Crippen LogP contribution < -0.4 is 47.6 Å². The van der Waals surface area contributed by atoms with Crippen LogP contribution in [0.3, 0.4) is 0 Å². The minimum atomic E-state index is -2.08. The van der Waals surface area contributed by atoms with E-state index >= 15 is 0 Å². The summed E-state index contributed by atoms with van der Waals surface area (Å²) in [6.07, 6.45) is 3.90. The Bertz CT molecular complexity index is 825. The maximum atomic E-state index is 3.90.